The number of ether oxygens (including phenoxy) is 1. The van der Waals surface area contributed by atoms with Gasteiger partial charge in [0.1, 0.15) is 10.5 Å². The molecule has 2 aromatic rings. The van der Waals surface area contributed by atoms with Gasteiger partial charge in [-0.2, -0.15) is 0 Å². The average Bonchev–Trinajstić information content (AvgIpc) is 2.66. The number of aromatic carboxylic acids is 1. The van der Waals surface area contributed by atoms with Gasteiger partial charge in [-0.25, -0.2) is 14.0 Å². The Morgan fingerprint density at radius 3 is 2.47 bits per heavy atom. The van der Waals surface area contributed by atoms with Crippen molar-refractivity contribution in [2.24, 2.45) is 11.5 Å². The van der Waals surface area contributed by atoms with E-state index in [4.69, 9.17) is 45.8 Å². The van der Waals surface area contributed by atoms with Crippen LogP contribution in [0.15, 0.2) is 24.4 Å². The molecule has 1 aromatic heterocycles. The number of hydrogen-bond donors (Lipinski definition) is 5. The summed E-state index contributed by atoms with van der Waals surface area (Å²) in [5, 5.41) is 16.4. The van der Waals surface area contributed by atoms with Gasteiger partial charge in [0.2, 0.25) is 5.90 Å². The van der Waals surface area contributed by atoms with Gasteiger partial charge in [-0.1, -0.05) is 36.8 Å². The number of nitrogens with two attached hydrogens (primary N) is 2. The van der Waals surface area contributed by atoms with E-state index in [0.29, 0.717) is 10.6 Å². The second-order valence-electron chi connectivity index (χ2n) is 6.37. The van der Waals surface area contributed by atoms with E-state index >= 15 is 0 Å². The van der Waals surface area contributed by atoms with Crippen molar-refractivity contribution < 1.29 is 23.8 Å². The summed E-state index contributed by atoms with van der Waals surface area (Å²) in [5.41, 5.74) is 12.8. The fraction of sp³-hybridized carbons (Fsp3) is 0.263. The van der Waals surface area contributed by atoms with Crippen molar-refractivity contribution in [3.63, 3.8) is 0 Å². The minimum absolute atomic E-state index is 0.0208. The molecule has 1 amide bonds. The minimum atomic E-state index is -1.10. The Hall–Kier alpha value is -2.82. The smallest absolute Gasteiger partial charge is 0.411 e. The highest BCUT2D eigenvalue weighted by molar-refractivity contribution is 7.71. The number of halogens is 2. The molecular weight excluding hydrogens is 435 g/mol. The van der Waals surface area contributed by atoms with Gasteiger partial charge < -0.3 is 26.3 Å². The van der Waals surface area contributed by atoms with Crippen LogP contribution in [0.2, 0.25) is 5.02 Å². The predicted molar refractivity (Wildman–Crippen MR) is 114 cm³/mol. The number of hydrogen-bond acceptors (Lipinski definition) is 6. The summed E-state index contributed by atoms with van der Waals surface area (Å²) in [6.07, 6.45) is 0.338. The van der Waals surface area contributed by atoms with Crippen LogP contribution in [0.5, 0.6) is 0 Å². The topological polar surface area (TPSA) is 155 Å². The highest BCUT2D eigenvalue weighted by Gasteiger charge is 2.26. The van der Waals surface area contributed by atoms with Crippen LogP contribution in [0.3, 0.4) is 0 Å². The summed E-state index contributed by atoms with van der Waals surface area (Å²) in [7, 11) is 0. The van der Waals surface area contributed by atoms with Crippen LogP contribution in [0.4, 0.5) is 9.18 Å². The molecule has 0 aliphatic rings. The van der Waals surface area contributed by atoms with Crippen molar-refractivity contribution in [3.8, 4) is 0 Å². The number of benzene rings is 1. The largest absolute Gasteiger partial charge is 0.478 e. The first kappa shape index (κ1) is 25.2. The van der Waals surface area contributed by atoms with Gasteiger partial charge in [0.15, 0.2) is 0 Å². The lowest BCUT2D eigenvalue weighted by Gasteiger charge is -2.23. The number of pyridine rings is 1. The molecule has 0 bridgehead atoms. The molecule has 0 fully saturated rings. The fourth-order valence-corrected chi connectivity index (χ4v) is 2.93. The number of nitrogens with one attached hydrogen (secondary N) is 2. The van der Waals surface area contributed by atoms with Crippen LogP contribution in [0.1, 0.15) is 39.9 Å². The van der Waals surface area contributed by atoms with E-state index < -0.39 is 35.7 Å². The molecule has 0 saturated heterocycles. The third kappa shape index (κ3) is 6.61. The standard InChI is InChI=1S/C13H18FN3O2.C6H4ClNO2S/c1-6-4-5-9(14)10(7(6)2)8(3)11(15)12(16)19-13(17)18;7-3-1-4(6(9)10)5(11)8-2-3/h4-5,8,11,16H,15H2,1-3H3,(H2,17,18);1-2H,(H,8,11)(H,9,10). The number of carboxylic acid groups (broad SMARTS) is 1. The highest BCUT2D eigenvalue weighted by Crippen LogP contribution is 2.27. The summed E-state index contributed by atoms with van der Waals surface area (Å²) in [5.74, 6) is -2.45. The Morgan fingerprint density at radius 2 is 1.97 bits per heavy atom. The number of carboxylic acids is 1. The number of H-pyrrole nitrogens is 1. The summed E-state index contributed by atoms with van der Waals surface area (Å²) in [6, 6.07) is 3.40. The van der Waals surface area contributed by atoms with E-state index in [0.717, 1.165) is 11.1 Å². The Morgan fingerprint density at radius 1 is 1.37 bits per heavy atom. The van der Waals surface area contributed by atoms with E-state index in [1.165, 1.54) is 18.3 Å². The van der Waals surface area contributed by atoms with Crippen molar-refractivity contribution in [2.75, 3.05) is 0 Å². The number of aromatic nitrogens is 1. The molecule has 0 radical (unpaired) electrons. The molecule has 30 heavy (non-hydrogen) atoms. The third-order valence-electron chi connectivity index (χ3n) is 4.34. The lowest BCUT2D eigenvalue weighted by Crippen LogP contribution is -2.39. The minimum Gasteiger partial charge on any atom is -0.478 e. The molecule has 0 saturated carbocycles. The Bertz CT molecular complexity index is 1030. The SMILES string of the molecule is Cc1ccc(F)c(C(C)C(N)C(=N)OC(N)=O)c1C.O=C(O)c1cc(Cl)c[nH]c1=S. The van der Waals surface area contributed by atoms with Gasteiger partial charge in [-0.15, -0.1) is 0 Å². The van der Waals surface area contributed by atoms with Crippen LogP contribution in [-0.4, -0.2) is 34.1 Å². The lowest BCUT2D eigenvalue weighted by molar-refractivity contribution is 0.0695. The molecule has 2 unspecified atom stereocenters. The molecule has 7 N–H and O–H groups in total. The molecule has 0 spiro atoms. The van der Waals surface area contributed by atoms with Gasteiger partial charge in [0, 0.05) is 12.1 Å². The number of aromatic amines is 1. The maximum absolute atomic E-state index is 13.9. The van der Waals surface area contributed by atoms with Crippen molar-refractivity contribution in [3.05, 3.63) is 62.1 Å². The fourth-order valence-electron chi connectivity index (χ4n) is 2.56. The predicted octanol–water partition coefficient (Wildman–Crippen LogP) is 4.04. The first-order chi connectivity index (χ1) is 13.9. The number of amides is 1. The summed E-state index contributed by atoms with van der Waals surface area (Å²) in [6.45, 7) is 5.33. The van der Waals surface area contributed by atoms with Crippen LogP contribution in [-0.2, 0) is 4.74 Å². The Balaban J connectivity index is 0.000000346. The molecule has 2 rings (SSSR count). The van der Waals surface area contributed by atoms with E-state index in [2.05, 4.69) is 9.72 Å². The second kappa shape index (κ2) is 10.8. The zero-order chi connectivity index (χ0) is 23.2. The normalized spacial score (nSPS) is 12.2. The maximum Gasteiger partial charge on any atom is 0.411 e. The average molecular weight is 457 g/mol. The van der Waals surface area contributed by atoms with Gasteiger partial charge >= 0.3 is 12.1 Å². The zero-order valence-corrected chi connectivity index (χ0v) is 18.0. The maximum atomic E-state index is 13.9. The highest BCUT2D eigenvalue weighted by atomic mass is 35.5. The molecule has 0 aliphatic heterocycles. The molecular formula is C19H22ClFN4O4S. The molecule has 8 nitrogen and oxygen atoms in total. The first-order valence-electron chi connectivity index (χ1n) is 8.55. The third-order valence-corrected chi connectivity index (χ3v) is 4.89. The lowest BCUT2D eigenvalue weighted by atomic mass is 9.88. The van der Waals surface area contributed by atoms with Crippen LogP contribution >= 0.6 is 23.8 Å². The molecule has 2 atom stereocenters. The van der Waals surface area contributed by atoms with Gasteiger partial charge in [-0.05, 0) is 42.7 Å². The van der Waals surface area contributed by atoms with E-state index in [1.807, 2.05) is 6.92 Å². The molecule has 0 aliphatic carbocycles. The van der Waals surface area contributed by atoms with Crippen LogP contribution < -0.4 is 11.5 Å². The van der Waals surface area contributed by atoms with Gasteiger partial charge in [0.05, 0.1) is 16.6 Å². The number of primary amides is 1. The Labute approximate surface area is 182 Å². The van der Waals surface area contributed by atoms with Crippen molar-refractivity contribution >= 4 is 41.8 Å². The summed E-state index contributed by atoms with van der Waals surface area (Å²) >= 11 is 10.2. The number of carbonyl (C=O) groups is 2. The summed E-state index contributed by atoms with van der Waals surface area (Å²) in [4.78, 5) is 23.6. The monoisotopic (exact) mass is 456 g/mol. The van der Waals surface area contributed by atoms with Crippen LogP contribution in [0, 0.1) is 29.7 Å². The van der Waals surface area contributed by atoms with Gasteiger partial charge in [0.25, 0.3) is 0 Å². The van der Waals surface area contributed by atoms with Crippen molar-refractivity contribution in [1.82, 2.24) is 4.98 Å². The van der Waals surface area contributed by atoms with E-state index in [1.54, 1.807) is 19.9 Å². The quantitative estimate of drug-likeness (QED) is 0.265. The number of aryl methyl sites for hydroxylation is 1. The van der Waals surface area contributed by atoms with E-state index in [-0.39, 0.29) is 10.2 Å². The molecule has 1 aromatic carbocycles. The van der Waals surface area contributed by atoms with Crippen molar-refractivity contribution in [2.45, 2.75) is 32.7 Å². The second-order valence-corrected chi connectivity index (χ2v) is 7.21. The first-order valence-corrected chi connectivity index (χ1v) is 9.33. The van der Waals surface area contributed by atoms with Gasteiger partial charge in [-0.3, -0.25) is 5.41 Å². The molecule has 11 heteroatoms. The van der Waals surface area contributed by atoms with E-state index in [9.17, 15) is 14.0 Å². The van der Waals surface area contributed by atoms with Crippen molar-refractivity contribution in [1.29, 1.82) is 5.41 Å². The molecule has 162 valence electrons. The summed E-state index contributed by atoms with van der Waals surface area (Å²) < 4.78 is 18.5. The van der Waals surface area contributed by atoms with Crippen LogP contribution in [0.25, 0.3) is 0 Å². The molecule has 1 heterocycles. The zero-order valence-electron chi connectivity index (χ0n) is 16.5. The Kier molecular flexibility index (Phi) is 9.09. The number of carbonyl (C=O) groups excluding carboxylic acids is 1. The number of rotatable bonds is 4.